The van der Waals surface area contributed by atoms with E-state index in [4.69, 9.17) is 4.74 Å². The molecule has 0 aliphatic rings. The maximum atomic E-state index is 12.3. The number of benzene rings is 1. The van der Waals surface area contributed by atoms with Gasteiger partial charge < -0.3 is 14.6 Å². The molecule has 1 aromatic carbocycles. The van der Waals surface area contributed by atoms with Crippen molar-refractivity contribution in [3.05, 3.63) is 23.5 Å². The fourth-order valence-electron chi connectivity index (χ4n) is 2.06. The highest BCUT2D eigenvalue weighted by atomic mass is 16.6. The molecule has 2 aromatic rings. The molecule has 0 aliphatic heterocycles. The van der Waals surface area contributed by atoms with Gasteiger partial charge in [-0.3, -0.25) is 0 Å². The van der Waals surface area contributed by atoms with Crippen molar-refractivity contribution < 1.29 is 24.2 Å². The highest BCUT2D eigenvalue weighted by Gasteiger charge is 2.24. The highest BCUT2D eigenvalue weighted by molar-refractivity contribution is 6.00. The van der Waals surface area contributed by atoms with Crippen molar-refractivity contribution in [2.24, 2.45) is 0 Å². The van der Waals surface area contributed by atoms with Gasteiger partial charge in [0.15, 0.2) is 5.75 Å². The molecular formula is C15H18N2O5. The first-order valence-corrected chi connectivity index (χ1v) is 6.68. The normalized spacial score (nSPS) is 11.5. The molecule has 7 heteroatoms. The topological polar surface area (TPSA) is 90.7 Å². The number of esters is 1. The van der Waals surface area contributed by atoms with Gasteiger partial charge >= 0.3 is 12.1 Å². The SMILES string of the molecule is COC(=O)c1ccc2c(nc(C)n2C(=O)OC(C)(C)C)c1O. The summed E-state index contributed by atoms with van der Waals surface area (Å²) in [5.74, 6) is -0.653. The Labute approximate surface area is 127 Å². The van der Waals surface area contributed by atoms with Crippen LogP contribution in [0.15, 0.2) is 12.1 Å². The first kappa shape index (κ1) is 15.8. The minimum atomic E-state index is -0.677. The molecule has 0 spiro atoms. The summed E-state index contributed by atoms with van der Waals surface area (Å²) in [7, 11) is 1.22. The lowest BCUT2D eigenvalue weighted by Gasteiger charge is -2.20. The molecule has 118 valence electrons. The number of carbonyl (C=O) groups is 2. The zero-order valence-corrected chi connectivity index (χ0v) is 13.1. The average molecular weight is 306 g/mol. The minimum Gasteiger partial charge on any atom is -0.505 e. The number of hydrogen-bond donors (Lipinski definition) is 1. The zero-order valence-electron chi connectivity index (χ0n) is 13.1. The van der Waals surface area contributed by atoms with Crippen LogP contribution in [0.5, 0.6) is 5.75 Å². The van der Waals surface area contributed by atoms with Crippen molar-refractivity contribution in [2.75, 3.05) is 7.11 Å². The number of fused-ring (bicyclic) bond motifs is 1. The van der Waals surface area contributed by atoms with E-state index in [0.717, 1.165) is 0 Å². The van der Waals surface area contributed by atoms with E-state index in [1.165, 1.54) is 23.8 Å². The third kappa shape index (κ3) is 2.74. The van der Waals surface area contributed by atoms with E-state index >= 15 is 0 Å². The van der Waals surface area contributed by atoms with Crippen LogP contribution in [-0.4, -0.2) is 39.4 Å². The Balaban J connectivity index is 2.59. The number of hydrogen-bond acceptors (Lipinski definition) is 6. The van der Waals surface area contributed by atoms with Gasteiger partial charge in [-0.1, -0.05) is 0 Å². The Morgan fingerprint density at radius 1 is 1.27 bits per heavy atom. The monoisotopic (exact) mass is 306 g/mol. The summed E-state index contributed by atoms with van der Waals surface area (Å²) >= 11 is 0. The molecule has 7 nitrogen and oxygen atoms in total. The van der Waals surface area contributed by atoms with E-state index in [-0.39, 0.29) is 16.8 Å². The van der Waals surface area contributed by atoms with Crippen LogP contribution >= 0.6 is 0 Å². The first-order chi connectivity index (χ1) is 10.2. The van der Waals surface area contributed by atoms with Crippen molar-refractivity contribution in [3.8, 4) is 5.75 Å². The van der Waals surface area contributed by atoms with Crippen LogP contribution < -0.4 is 0 Å². The number of aryl methyl sites for hydroxylation is 1. The fraction of sp³-hybridized carbons (Fsp3) is 0.400. The van der Waals surface area contributed by atoms with E-state index in [1.807, 2.05) is 0 Å². The van der Waals surface area contributed by atoms with E-state index in [9.17, 15) is 14.7 Å². The maximum absolute atomic E-state index is 12.3. The second-order valence-electron chi connectivity index (χ2n) is 5.80. The van der Waals surface area contributed by atoms with Crippen molar-refractivity contribution in [3.63, 3.8) is 0 Å². The van der Waals surface area contributed by atoms with Gasteiger partial charge in [0.1, 0.15) is 22.5 Å². The molecular weight excluding hydrogens is 288 g/mol. The van der Waals surface area contributed by atoms with E-state index in [2.05, 4.69) is 9.72 Å². The van der Waals surface area contributed by atoms with Crippen LogP contribution in [0.1, 0.15) is 37.0 Å². The molecule has 0 aliphatic carbocycles. The quantitative estimate of drug-likeness (QED) is 0.814. The van der Waals surface area contributed by atoms with Crippen molar-refractivity contribution in [2.45, 2.75) is 33.3 Å². The Morgan fingerprint density at radius 3 is 2.45 bits per heavy atom. The lowest BCUT2D eigenvalue weighted by molar-refractivity contribution is 0.0539. The summed E-state index contributed by atoms with van der Waals surface area (Å²) in [4.78, 5) is 28.0. The average Bonchev–Trinajstić information content (AvgIpc) is 2.73. The number of ether oxygens (including phenoxy) is 2. The molecule has 1 heterocycles. The summed E-state index contributed by atoms with van der Waals surface area (Å²) in [6.45, 7) is 6.88. The van der Waals surface area contributed by atoms with Crippen LogP contribution in [0.2, 0.25) is 0 Å². The van der Waals surface area contributed by atoms with Gasteiger partial charge in [0.25, 0.3) is 0 Å². The van der Waals surface area contributed by atoms with Gasteiger partial charge in [0.05, 0.1) is 12.6 Å². The third-order valence-corrected chi connectivity index (χ3v) is 2.95. The Kier molecular flexibility index (Phi) is 3.83. The van der Waals surface area contributed by atoms with E-state index in [0.29, 0.717) is 11.3 Å². The second kappa shape index (κ2) is 5.32. The van der Waals surface area contributed by atoms with E-state index in [1.54, 1.807) is 27.7 Å². The molecule has 0 saturated carbocycles. The first-order valence-electron chi connectivity index (χ1n) is 6.68. The summed E-state index contributed by atoms with van der Waals surface area (Å²) in [6.07, 6.45) is -0.599. The summed E-state index contributed by atoms with van der Waals surface area (Å²) < 4.78 is 11.2. The molecule has 0 bridgehead atoms. The number of rotatable bonds is 1. The Morgan fingerprint density at radius 2 is 1.91 bits per heavy atom. The third-order valence-electron chi connectivity index (χ3n) is 2.95. The molecule has 0 amide bonds. The largest absolute Gasteiger partial charge is 0.505 e. The minimum absolute atomic E-state index is 0.0103. The molecule has 0 fully saturated rings. The molecule has 1 N–H and O–H groups in total. The smallest absolute Gasteiger partial charge is 0.420 e. The van der Waals surface area contributed by atoms with Gasteiger partial charge in [-0.25, -0.2) is 19.1 Å². The fourth-order valence-corrected chi connectivity index (χ4v) is 2.06. The zero-order chi connectivity index (χ0) is 16.7. The van der Waals surface area contributed by atoms with Crippen LogP contribution in [0.3, 0.4) is 0 Å². The van der Waals surface area contributed by atoms with Gasteiger partial charge in [-0.15, -0.1) is 0 Å². The molecule has 1 aromatic heterocycles. The van der Waals surface area contributed by atoms with Crippen molar-refractivity contribution >= 4 is 23.1 Å². The van der Waals surface area contributed by atoms with Crippen molar-refractivity contribution in [1.82, 2.24) is 9.55 Å². The molecule has 2 rings (SSSR count). The van der Waals surface area contributed by atoms with Gasteiger partial charge in [0.2, 0.25) is 0 Å². The Hall–Kier alpha value is -2.57. The summed E-state index contributed by atoms with van der Waals surface area (Å²) in [5.41, 5.74) is -0.166. The highest BCUT2D eigenvalue weighted by Crippen LogP contribution is 2.30. The number of methoxy groups -OCH3 is 1. The standard InChI is InChI=1S/C15H18N2O5/c1-8-16-11-10(17(8)14(20)22-15(2,3)4)7-6-9(12(11)18)13(19)21-5/h6-7,18H,1-5H3. The van der Waals surface area contributed by atoms with Gasteiger partial charge in [-0.2, -0.15) is 0 Å². The summed E-state index contributed by atoms with van der Waals surface area (Å²) in [5, 5.41) is 10.2. The van der Waals surface area contributed by atoms with Crippen LogP contribution in [-0.2, 0) is 9.47 Å². The lowest BCUT2D eigenvalue weighted by Crippen LogP contribution is -2.27. The van der Waals surface area contributed by atoms with Crippen LogP contribution in [0.25, 0.3) is 11.0 Å². The Bertz CT molecular complexity index is 755. The number of aromatic nitrogens is 2. The van der Waals surface area contributed by atoms with Gasteiger partial charge in [0, 0.05) is 0 Å². The van der Waals surface area contributed by atoms with Crippen LogP contribution in [0, 0.1) is 6.92 Å². The molecule has 0 unspecified atom stereocenters. The van der Waals surface area contributed by atoms with Crippen molar-refractivity contribution in [1.29, 1.82) is 0 Å². The van der Waals surface area contributed by atoms with Crippen LogP contribution in [0.4, 0.5) is 4.79 Å². The number of phenolic OH excluding ortho intramolecular Hbond substituents is 1. The maximum Gasteiger partial charge on any atom is 0.420 e. The molecule has 0 atom stereocenters. The number of imidazole rings is 1. The molecule has 0 saturated heterocycles. The predicted octanol–water partition coefficient (Wildman–Crippen LogP) is 2.62. The number of aromatic hydroxyl groups is 1. The number of phenols is 1. The second-order valence-corrected chi connectivity index (χ2v) is 5.80. The molecule has 22 heavy (non-hydrogen) atoms. The number of nitrogens with zero attached hydrogens (tertiary/aromatic N) is 2. The predicted molar refractivity (Wildman–Crippen MR) is 79.1 cm³/mol. The van der Waals surface area contributed by atoms with Gasteiger partial charge in [-0.05, 0) is 39.8 Å². The number of carbonyl (C=O) groups excluding carboxylic acids is 2. The lowest BCUT2D eigenvalue weighted by atomic mass is 10.1. The summed E-state index contributed by atoms with van der Waals surface area (Å²) in [6, 6.07) is 2.90. The van der Waals surface area contributed by atoms with E-state index < -0.39 is 17.7 Å². The molecule has 0 radical (unpaired) electrons.